The summed E-state index contributed by atoms with van der Waals surface area (Å²) in [5, 5.41) is 3.27. The van der Waals surface area contributed by atoms with E-state index >= 15 is 0 Å². The zero-order valence-corrected chi connectivity index (χ0v) is 19.8. The first-order valence-corrected chi connectivity index (χ1v) is 12.6. The molecule has 4 aliphatic carbocycles. The molecule has 7 rings (SSSR count). The SMILES string of the molecule is CN(C)C1CCN(C(=O)c2cn3c(C(=O)NCC45CC6CC(CC(C6)C4)C5)cccc3n2)C1. The number of amides is 2. The molecule has 3 heterocycles. The average molecular weight is 450 g/mol. The largest absolute Gasteiger partial charge is 0.350 e. The molecule has 1 atom stereocenters. The van der Waals surface area contributed by atoms with Crippen molar-refractivity contribution in [2.45, 2.75) is 51.0 Å². The molecule has 0 spiro atoms. The fraction of sp³-hybridized carbons (Fsp3) is 0.654. The third kappa shape index (κ3) is 3.74. The van der Waals surface area contributed by atoms with Crippen LogP contribution >= 0.6 is 0 Å². The summed E-state index contributed by atoms with van der Waals surface area (Å²) in [6.45, 7) is 2.23. The monoisotopic (exact) mass is 449 g/mol. The molecule has 1 unspecified atom stereocenters. The number of rotatable bonds is 5. The van der Waals surface area contributed by atoms with Gasteiger partial charge < -0.3 is 15.1 Å². The van der Waals surface area contributed by atoms with Crippen LogP contribution in [0, 0.1) is 23.2 Å². The Morgan fingerprint density at radius 2 is 1.82 bits per heavy atom. The fourth-order valence-corrected chi connectivity index (χ4v) is 7.67. The van der Waals surface area contributed by atoms with Crippen LogP contribution in [-0.2, 0) is 0 Å². The second-order valence-corrected chi connectivity index (χ2v) is 11.5. The van der Waals surface area contributed by atoms with Crippen LogP contribution in [0.15, 0.2) is 24.4 Å². The molecule has 4 bridgehead atoms. The Morgan fingerprint density at radius 3 is 2.45 bits per heavy atom. The van der Waals surface area contributed by atoms with E-state index in [1.165, 1.54) is 38.5 Å². The molecule has 176 valence electrons. The van der Waals surface area contributed by atoms with Crippen molar-refractivity contribution in [2.24, 2.45) is 23.2 Å². The number of imidazole rings is 1. The van der Waals surface area contributed by atoms with Crippen LogP contribution in [0.5, 0.6) is 0 Å². The van der Waals surface area contributed by atoms with Gasteiger partial charge in [-0.3, -0.25) is 14.0 Å². The molecule has 5 aliphatic rings. The summed E-state index contributed by atoms with van der Waals surface area (Å²) in [6, 6.07) is 5.93. The van der Waals surface area contributed by atoms with Gasteiger partial charge in [-0.25, -0.2) is 4.98 Å². The molecule has 5 fully saturated rings. The fourth-order valence-electron chi connectivity index (χ4n) is 7.67. The first-order valence-electron chi connectivity index (χ1n) is 12.6. The van der Waals surface area contributed by atoms with E-state index in [1.54, 1.807) is 10.6 Å². The minimum Gasteiger partial charge on any atom is -0.350 e. The van der Waals surface area contributed by atoms with E-state index in [1.807, 2.05) is 23.1 Å². The number of pyridine rings is 1. The average Bonchev–Trinajstić information content (AvgIpc) is 3.43. The molecule has 7 nitrogen and oxygen atoms in total. The van der Waals surface area contributed by atoms with Crippen LogP contribution in [0.25, 0.3) is 5.65 Å². The Kier molecular flexibility index (Phi) is 5.02. The van der Waals surface area contributed by atoms with Crippen LogP contribution in [0.2, 0.25) is 0 Å². The number of carbonyl (C=O) groups is 2. The summed E-state index contributed by atoms with van der Waals surface area (Å²) in [7, 11) is 4.11. The van der Waals surface area contributed by atoms with Crippen molar-refractivity contribution >= 4 is 17.5 Å². The predicted molar refractivity (Wildman–Crippen MR) is 126 cm³/mol. The van der Waals surface area contributed by atoms with Gasteiger partial charge in [-0.05, 0) is 94.3 Å². The van der Waals surface area contributed by atoms with Crippen molar-refractivity contribution in [2.75, 3.05) is 33.7 Å². The maximum atomic E-state index is 13.2. The lowest BCUT2D eigenvalue weighted by atomic mass is 9.49. The van der Waals surface area contributed by atoms with Crippen molar-refractivity contribution in [3.8, 4) is 0 Å². The second-order valence-electron chi connectivity index (χ2n) is 11.5. The van der Waals surface area contributed by atoms with E-state index in [-0.39, 0.29) is 11.8 Å². The number of aromatic nitrogens is 2. The van der Waals surface area contributed by atoms with Crippen molar-refractivity contribution in [3.63, 3.8) is 0 Å². The van der Waals surface area contributed by atoms with Crippen LogP contribution < -0.4 is 5.32 Å². The molecular formula is C26H35N5O2. The third-order valence-corrected chi connectivity index (χ3v) is 8.91. The number of hydrogen-bond acceptors (Lipinski definition) is 4. The van der Waals surface area contributed by atoms with E-state index in [0.717, 1.165) is 43.8 Å². The highest BCUT2D eigenvalue weighted by molar-refractivity contribution is 5.95. The number of nitrogens with zero attached hydrogens (tertiary/aromatic N) is 4. The Balaban J connectivity index is 1.18. The smallest absolute Gasteiger partial charge is 0.274 e. The van der Waals surface area contributed by atoms with Crippen molar-refractivity contribution in [1.82, 2.24) is 24.5 Å². The van der Waals surface area contributed by atoms with E-state index in [9.17, 15) is 9.59 Å². The highest BCUT2D eigenvalue weighted by Gasteiger charge is 2.50. The summed E-state index contributed by atoms with van der Waals surface area (Å²) >= 11 is 0. The van der Waals surface area contributed by atoms with Gasteiger partial charge >= 0.3 is 0 Å². The molecule has 1 aliphatic heterocycles. The minimum absolute atomic E-state index is 0.0528. The summed E-state index contributed by atoms with van der Waals surface area (Å²) in [5.74, 6) is 2.49. The zero-order chi connectivity index (χ0) is 22.7. The molecule has 2 amide bonds. The Morgan fingerprint density at radius 1 is 1.12 bits per heavy atom. The third-order valence-electron chi connectivity index (χ3n) is 8.91. The number of likely N-dealkylation sites (N-methyl/N-ethyl adjacent to an activating group) is 1. The number of hydrogen-bond donors (Lipinski definition) is 1. The predicted octanol–water partition coefficient (Wildman–Crippen LogP) is 3.06. The number of likely N-dealkylation sites (tertiary alicyclic amines) is 1. The van der Waals surface area contributed by atoms with Gasteiger partial charge in [-0.2, -0.15) is 0 Å². The standard InChI is InChI=1S/C26H35N5O2/c1-29(2)20-6-7-30(14-20)25(33)21-15-31-22(4-3-5-23(31)28-21)24(32)27-16-26-11-17-8-18(12-26)10-19(9-17)13-26/h3-5,15,17-20H,6-14,16H2,1-2H3,(H,27,32). The Hall–Kier alpha value is -2.41. The van der Waals surface area contributed by atoms with Gasteiger partial charge in [0.1, 0.15) is 17.0 Å². The van der Waals surface area contributed by atoms with E-state index in [0.29, 0.717) is 28.5 Å². The summed E-state index contributed by atoms with van der Waals surface area (Å²) in [5.41, 5.74) is 1.91. The Bertz CT molecular complexity index is 1050. The van der Waals surface area contributed by atoms with Gasteiger partial charge in [0.05, 0.1) is 0 Å². The molecule has 0 radical (unpaired) electrons. The summed E-state index contributed by atoms with van der Waals surface area (Å²) in [4.78, 5) is 34.9. The Labute approximate surface area is 195 Å². The molecule has 33 heavy (non-hydrogen) atoms. The molecule has 7 heteroatoms. The number of carbonyl (C=O) groups excluding carboxylic acids is 2. The van der Waals surface area contributed by atoms with Crippen LogP contribution in [0.3, 0.4) is 0 Å². The van der Waals surface area contributed by atoms with Crippen molar-refractivity contribution in [1.29, 1.82) is 0 Å². The summed E-state index contributed by atoms with van der Waals surface area (Å²) < 4.78 is 1.78. The first kappa shape index (κ1) is 21.1. The zero-order valence-electron chi connectivity index (χ0n) is 19.8. The topological polar surface area (TPSA) is 70.0 Å². The lowest BCUT2D eigenvalue weighted by Gasteiger charge is -2.56. The molecule has 4 saturated carbocycles. The van der Waals surface area contributed by atoms with Crippen molar-refractivity contribution in [3.05, 3.63) is 35.8 Å². The van der Waals surface area contributed by atoms with Gasteiger partial charge in [0.25, 0.3) is 11.8 Å². The summed E-state index contributed by atoms with van der Waals surface area (Å²) in [6.07, 6.45) is 10.8. The maximum absolute atomic E-state index is 13.2. The molecule has 2 aromatic heterocycles. The van der Waals surface area contributed by atoms with Crippen LogP contribution in [0.1, 0.15) is 65.9 Å². The van der Waals surface area contributed by atoms with Gasteiger partial charge in [0.2, 0.25) is 0 Å². The van der Waals surface area contributed by atoms with E-state index in [4.69, 9.17) is 0 Å². The van der Waals surface area contributed by atoms with Crippen LogP contribution in [0.4, 0.5) is 0 Å². The molecule has 2 aromatic rings. The number of fused-ring (bicyclic) bond motifs is 1. The molecule has 1 N–H and O–H groups in total. The van der Waals surface area contributed by atoms with Crippen LogP contribution in [-0.4, -0.2) is 70.8 Å². The van der Waals surface area contributed by atoms with E-state index in [2.05, 4.69) is 29.3 Å². The normalized spacial score (nSPS) is 32.8. The first-order chi connectivity index (χ1) is 15.9. The minimum atomic E-state index is -0.0680. The van der Waals surface area contributed by atoms with Gasteiger partial charge in [0.15, 0.2) is 0 Å². The maximum Gasteiger partial charge on any atom is 0.274 e. The lowest BCUT2D eigenvalue weighted by Crippen LogP contribution is -2.51. The van der Waals surface area contributed by atoms with Crippen molar-refractivity contribution < 1.29 is 9.59 Å². The molecule has 0 aromatic carbocycles. The highest BCUT2D eigenvalue weighted by atomic mass is 16.2. The molecule has 1 saturated heterocycles. The molecular weight excluding hydrogens is 414 g/mol. The van der Waals surface area contributed by atoms with E-state index < -0.39 is 0 Å². The highest BCUT2D eigenvalue weighted by Crippen LogP contribution is 2.59. The number of nitrogens with one attached hydrogen (secondary N) is 1. The lowest BCUT2D eigenvalue weighted by molar-refractivity contribution is -0.0503. The quantitative estimate of drug-likeness (QED) is 0.762. The van der Waals surface area contributed by atoms with Gasteiger partial charge in [-0.15, -0.1) is 0 Å². The van der Waals surface area contributed by atoms with Gasteiger partial charge in [-0.1, -0.05) is 6.07 Å². The van der Waals surface area contributed by atoms with Gasteiger partial charge in [0, 0.05) is 31.9 Å². The second kappa shape index (κ2) is 7.83.